The molecule has 0 amide bonds. The van der Waals surface area contributed by atoms with Gasteiger partial charge in [-0.2, -0.15) is 0 Å². The molecule has 0 aliphatic rings. The summed E-state index contributed by atoms with van der Waals surface area (Å²) in [5.41, 5.74) is 1.77. The van der Waals surface area contributed by atoms with Crippen LogP contribution in [0.5, 0.6) is 5.75 Å². The molecule has 0 saturated heterocycles. The highest BCUT2D eigenvalue weighted by Crippen LogP contribution is 2.28. The van der Waals surface area contributed by atoms with E-state index in [4.69, 9.17) is 4.74 Å². The standard InChI is InChI=1S/C15H14NO3/c1-2-12-8-9-15(14(10-12)16(17)18)19-11-13-6-4-3-5-7-13/h3-10H,1-2,11H2. The molecular weight excluding hydrogens is 242 g/mol. The first kappa shape index (κ1) is 13.1. The van der Waals surface area contributed by atoms with E-state index in [1.165, 1.54) is 6.07 Å². The monoisotopic (exact) mass is 256 g/mol. The lowest BCUT2D eigenvalue weighted by atomic mass is 10.1. The predicted octanol–water partition coefficient (Wildman–Crippen LogP) is 3.55. The van der Waals surface area contributed by atoms with Crippen LogP contribution in [-0.2, 0) is 13.0 Å². The molecule has 2 aromatic carbocycles. The van der Waals surface area contributed by atoms with Crippen molar-refractivity contribution in [2.45, 2.75) is 13.0 Å². The Labute approximate surface area is 111 Å². The van der Waals surface area contributed by atoms with E-state index >= 15 is 0 Å². The zero-order chi connectivity index (χ0) is 13.7. The van der Waals surface area contributed by atoms with Crippen molar-refractivity contribution in [3.05, 3.63) is 76.7 Å². The Morgan fingerprint density at radius 3 is 2.47 bits per heavy atom. The number of nitrogens with zero attached hydrogens (tertiary/aromatic N) is 1. The van der Waals surface area contributed by atoms with Crippen LogP contribution in [0.4, 0.5) is 5.69 Å². The molecule has 0 heterocycles. The van der Waals surface area contributed by atoms with Crippen molar-refractivity contribution in [2.75, 3.05) is 0 Å². The quantitative estimate of drug-likeness (QED) is 0.607. The average Bonchev–Trinajstić information content (AvgIpc) is 2.46. The molecule has 1 radical (unpaired) electrons. The first-order valence-electron chi connectivity index (χ1n) is 5.94. The third-order valence-corrected chi connectivity index (χ3v) is 2.75. The predicted molar refractivity (Wildman–Crippen MR) is 72.9 cm³/mol. The van der Waals surface area contributed by atoms with Crippen molar-refractivity contribution in [2.24, 2.45) is 0 Å². The van der Waals surface area contributed by atoms with Gasteiger partial charge in [0.15, 0.2) is 5.75 Å². The summed E-state index contributed by atoms with van der Waals surface area (Å²) in [4.78, 5) is 10.6. The fourth-order valence-corrected chi connectivity index (χ4v) is 1.72. The summed E-state index contributed by atoms with van der Waals surface area (Å²) >= 11 is 0. The Bertz CT molecular complexity index is 567. The van der Waals surface area contributed by atoms with Gasteiger partial charge in [-0.05, 0) is 30.5 Å². The number of ether oxygens (including phenoxy) is 1. The van der Waals surface area contributed by atoms with E-state index in [9.17, 15) is 10.1 Å². The summed E-state index contributed by atoms with van der Waals surface area (Å²) < 4.78 is 5.52. The van der Waals surface area contributed by atoms with Gasteiger partial charge in [-0.25, -0.2) is 0 Å². The van der Waals surface area contributed by atoms with Gasteiger partial charge >= 0.3 is 5.69 Å². The zero-order valence-corrected chi connectivity index (χ0v) is 10.4. The van der Waals surface area contributed by atoms with Gasteiger partial charge in [-0.1, -0.05) is 36.4 Å². The molecule has 0 N–H and O–H groups in total. The minimum absolute atomic E-state index is 0.0166. The van der Waals surface area contributed by atoms with Crippen molar-refractivity contribution in [1.82, 2.24) is 0 Å². The number of rotatable bonds is 5. The summed E-state index contributed by atoms with van der Waals surface area (Å²) in [6.45, 7) is 4.03. The molecule has 2 rings (SSSR count). The highest BCUT2D eigenvalue weighted by Gasteiger charge is 2.15. The van der Waals surface area contributed by atoms with Crippen LogP contribution in [0.25, 0.3) is 0 Å². The molecule has 0 atom stereocenters. The summed E-state index contributed by atoms with van der Waals surface area (Å²) in [6.07, 6.45) is 0.514. The van der Waals surface area contributed by atoms with E-state index in [2.05, 4.69) is 6.92 Å². The van der Waals surface area contributed by atoms with Gasteiger partial charge in [0.25, 0.3) is 0 Å². The molecule has 2 aromatic rings. The lowest BCUT2D eigenvalue weighted by Gasteiger charge is -2.07. The molecule has 0 aromatic heterocycles. The molecule has 19 heavy (non-hydrogen) atoms. The van der Waals surface area contributed by atoms with E-state index in [-0.39, 0.29) is 11.4 Å². The Kier molecular flexibility index (Phi) is 4.13. The van der Waals surface area contributed by atoms with Crippen LogP contribution in [0, 0.1) is 17.0 Å². The fraction of sp³-hybridized carbons (Fsp3) is 0.133. The van der Waals surface area contributed by atoms with Gasteiger partial charge in [0.05, 0.1) is 4.92 Å². The van der Waals surface area contributed by atoms with Gasteiger partial charge in [0.1, 0.15) is 6.61 Å². The van der Waals surface area contributed by atoms with E-state index in [0.29, 0.717) is 13.0 Å². The molecule has 0 fully saturated rings. The number of nitro groups is 1. The summed E-state index contributed by atoms with van der Waals surface area (Å²) in [7, 11) is 0. The smallest absolute Gasteiger partial charge is 0.311 e. The molecule has 0 saturated carbocycles. The van der Waals surface area contributed by atoms with Crippen molar-refractivity contribution in [3.8, 4) is 5.75 Å². The molecular formula is C15H14NO3. The van der Waals surface area contributed by atoms with Crippen LogP contribution in [0.15, 0.2) is 48.5 Å². The Morgan fingerprint density at radius 2 is 1.84 bits per heavy atom. The summed E-state index contributed by atoms with van der Waals surface area (Å²) in [6, 6.07) is 14.5. The van der Waals surface area contributed by atoms with Crippen molar-refractivity contribution >= 4 is 5.69 Å². The van der Waals surface area contributed by atoms with Crippen molar-refractivity contribution in [1.29, 1.82) is 0 Å². The van der Waals surface area contributed by atoms with Crippen LogP contribution < -0.4 is 4.74 Å². The van der Waals surface area contributed by atoms with Crippen molar-refractivity contribution in [3.63, 3.8) is 0 Å². The maximum Gasteiger partial charge on any atom is 0.311 e. The SMILES string of the molecule is [CH2]Cc1ccc(OCc2ccccc2)c([N+](=O)[O-])c1. The molecule has 0 aliphatic heterocycles. The number of hydrogen-bond acceptors (Lipinski definition) is 3. The van der Waals surface area contributed by atoms with Gasteiger partial charge in [-0.15, -0.1) is 0 Å². The highest BCUT2D eigenvalue weighted by atomic mass is 16.6. The minimum Gasteiger partial charge on any atom is -0.482 e. The van der Waals surface area contributed by atoms with Gasteiger partial charge in [-0.3, -0.25) is 10.1 Å². The Hall–Kier alpha value is -2.36. The van der Waals surface area contributed by atoms with Crippen LogP contribution in [0.3, 0.4) is 0 Å². The minimum atomic E-state index is -0.431. The molecule has 4 heteroatoms. The molecule has 4 nitrogen and oxygen atoms in total. The van der Waals surface area contributed by atoms with E-state index in [0.717, 1.165) is 11.1 Å². The van der Waals surface area contributed by atoms with Gasteiger partial charge < -0.3 is 4.74 Å². The Morgan fingerprint density at radius 1 is 1.11 bits per heavy atom. The highest BCUT2D eigenvalue weighted by molar-refractivity contribution is 5.48. The maximum absolute atomic E-state index is 11.0. The molecule has 97 valence electrons. The second-order valence-electron chi connectivity index (χ2n) is 4.08. The fourth-order valence-electron chi connectivity index (χ4n) is 1.72. The normalized spacial score (nSPS) is 10.2. The zero-order valence-electron chi connectivity index (χ0n) is 10.4. The second-order valence-corrected chi connectivity index (χ2v) is 4.08. The maximum atomic E-state index is 11.0. The first-order valence-corrected chi connectivity index (χ1v) is 5.94. The molecule has 0 aliphatic carbocycles. The van der Waals surface area contributed by atoms with Crippen LogP contribution in [0.1, 0.15) is 11.1 Å². The van der Waals surface area contributed by atoms with Gasteiger partial charge in [0.2, 0.25) is 0 Å². The first-order chi connectivity index (χ1) is 9.20. The van der Waals surface area contributed by atoms with Gasteiger partial charge in [0, 0.05) is 6.07 Å². The third-order valence-electron chi connectivity index (χ3n) is 2.75. The second kappa shape index (κ2) is 6.00. The van der Waals surface area contributed by atoms with E-state index < -0.39 is 4.92 Å². The lowest BCUT2D eigenvalue weighted by Crippen LogP contribution is -1.99. The topological polar surface area (TPSA) is 52.4 Å². The van der Waals surface area contributed by atoms with E-state index in [1.54, 1.807) is 12.1 Å². The summed E-state index contributed by atoms with van der Waals surface area (Å²) in [5.74, 6) is 0.283. The number of nitro benzene ring substituents is 1. The van der Waals surface area contributed by atoms with Crippen LogP contribution in [0.2, 0.25) is 0 Å². The number of benzene rings is 2. The largest absolute Gasteiger partial charge is 0.482 e. The van der Waals surface area contributed by atoms with Crippen molar-refractivity contribution < 1.29 is 9.66 Å². The third kappa shape index (κ3) is 3.31. The molecule has 0 unspecified atom stereocenters. The van der Waals surface area contributed by atoms with E-state index in [1.807, 2.05) is 30.3 Å². The number of hydrogen-bond donors (Lipinski definition) is 0. The molecule has 0 bridgehead atoms. The Balaban J connectivity index is 2.18. The molecule has 0 spiro atoms. The lowest BCUT2D eigenvalue weighted by molar-refractivity contribution is -0.386. The summed E-state index contributed by atoms with van der Waals surface area (Å²) in [5, 5.41) is 11.0. The van der Waals surface area contributed by atoms with Crippen LogP contribution in [-0.4, -0.2) is 4.92 Å². The average molecular weight is 256 g/mol. The van der Waals surface area contributed by atoms with Crippen LogP contribution >= 0.6 is 0 Å².